The summed E-state index contributed by atoms with van der Waals surface area (Å²) in [6.07, 6.45) is 3.25. The number of methoxy groups -OCH3 is 2. The lowest BCUT2D eigenvalue weighted by Gasteiger charge is -2.13. The van der Waals surface area contributed by atoms with Gasteiger partial charge in [0.2, 0.25) is 0 Å². The lowest BCUT2D eigenvalue weighted by atomic mass is 10.2. The molecule has 1 atom stereocenters. The van der Waals surface area contributed by atoms with E-state index in [2.05, 4.69) is 10.1 Å². The van der Waals surface area contributed by atoms with Crippen molar-refractivity contribution < 1.29 is 32.2 Å². The highest BCUT2D eigenvalue weighted by Crippen LogP contribution is 2.28. The average molecular weight is 383 g/mol. The van der Waals surface area contributed by atoms with E-state index in [4.69, 9.17) is 9.47 Å². The third-order valence-electron chi connectivity index (χ3n) is 3.76. The van der Waals surface area contributed by atoms with Gasteiger partial charge in [0.15, 0.2) is 27.9 Å². The zero-order chi connectivity index (χ0) is 19.2. The fraction of sp³-hybridized carbons (Fsp3) is 0.412. The number of ether oxygens (including phenoxy) is 3. The van der Waals surface area contributed by atoms with Gasteiger partial charge in [0.05, 0.1) is 25.7 Å². The van der Waals surface area contributed by atoms with Crippen molar-refractivity contribution in [2.24, 2.45) is 0 Å². The van der Waals surface area contributed by atoms with Crippen molar-refractivity contribution in [1.82, 2.24) is 5.32 Å². The van der Waals surface area contributed by atoms with Crippen LogP contribution in [0.25, 0.3) is 6.08 Å². The molecule has 1 heterocycles. The second-order valence-electron chi connectivity index (χ2n) is 5.72. The Bertz CT molecular complexity index is 801. The first kappa shape index (κ1) is 19.8. The van der Waals surface area contributed by atoms with Crippen LogP contribution in [0.3, 0.4) is 0 Å². The number of nitrogens with one attached hydrogen (secondary N) is 1. The van der Waals surface area contributed by atoms with E-state index in [0.717, 1.165) is 0 Å². The van der Waals surface area contributed by atoms with Gasteiger partial charge in [0, 0.05) is 12.1 Å². The molecule has 2 rings (SSSR count). The Morgan fingerprint density at radius 2 is 2.04 bits per heavy atom. The Hall–Kier alpha value is -2.55. The van der Waals surface area contributed by atoms with Gasteiger partial charge in [-0.2, -0.15) is 0 Å². The Kier molecular flexibility index (Phi) is 6.62. The van der Waals surface area contributed by atoms with Crippen LogP contribution in [-0.2, 0) is 24.2 Å². The molecule has 1 aliphatic rings. The molecule has 0 aliphatic carbocycles. The quantitative estimate of drug-likeness (QED) is 0.541. The first-order valence-electron chi connectivity index (χ1n) is 7.89. The van der Waals surface area contributed by atoms with Crippen LogP contribution >= 0.6 is 0 Å². The summed E-state index contributed by atoms with van der Waals surface area (Å²) < 4.78 is 38.0. The third-order valence-corrected chi connectivity index (χ3v) is 5.52. The van der Waals surface area contributed by atoms with E-state index in [1.165, 1.54) is 20.3 Å². The second-order valence-corrected chi connectivity index (χ2v) is 7.95. The predicted octanol–water partition coefficient (Wildman–Crippen LogP) is 0.564. The maximum absolute atomic E-state index is 11.9. The number of rotatable bonds is 7. The SMILES string of the molecule is COC(=O)C=Cc1ccc(OCC(=O)NC2CCS(=O)(=O)C2)c(OC)c1. The van der Waals surface area contributed by atoms with Gasteiger partial charge in [-0.1, -0.05) is 6.07 Å². The van der Waals surface area contributed by atoms with Crippen LogP contribution in [0.4, 0.5) is 0 Å². The van der Waals surface area contributed by atoms with Crippen LogP contribution in [0.2, 0.25) is 0 Å². The topological polar surface area (TPSA) is 108 Å². The van der Waals surface area contributed by atoms with Crippen molar-refractivity contribution in [2.45, 2.75) is 12.5 Å². The lowest BCUT2D eigenvalue weighted by Crippen LogP contribution is -2.38. The lowest BCUT2D eigenvalue weighted by molar-refractivity contribution is -0.134. The number of hydrogen-bond donors (Lipinski definition) is 1. The zero-order valence-electron chi connectivity index (χ0n) is 14.6. The van der Waals surface area contributed by atoms with Crippen LogP contribution < -0.4 is 14.8 Å². The molecular weight excluding hydrogens is 362 g/mol. The highest BCUT2D eigenvalue weighted by Gasteiger charge is 2.28. The fourth-order valence-corrected chi connectivity index (χ4v) is 4.13. The summed E-state index contributed by atoms with van der Waals surface area (Å²) in [5.74, 6) is -0.0694. The molecule has 142 valence electrons. The Morgan fingerprint density at radius 3 is 2.65 bits per heavy atom. The molecule has 1 fully saturated rings. The summed E-state index contributed by atoms with van der Waals surface area (Å²) in [5.41, 5.74) is 0.695. The van der Waals surface area contributed by atoms with Gasteiger partial charge in [-0.05, 0) is 30.2 Å². The standard InChI is InChI=1S/C17H21NO7S/c1-23-15-9-12(4-6-17(20)24-2)3-5-14(15)25-10-16(19)18-13-7-8-26(21,22)11-13/h3-6,9,13H,7-8,10-11H2,1-2H3,(H,18,19). The van der Waals surface area contributed by atoms with Crippen molar-refractivity contribution in [1.29, 1.82) is 0 Å². The van der Waals surface area contributed by atoms with Gasteiger partial charge < -0.3 is 19.5 Å². The number of amides is 1. The molecule has 1 amide bonds. The number of benzene rings is 1. The monoisotopic (exact) mass is 383 g/mol. The minimum absolute atomic E-state index is 0.0384. The van der Waals surface area contributed by atoms with Gasteiger partial charge in [0.1, 0.15) is 0 Å². The largest absolute Gasteiger partial charge is 0.493 e. The molecule has 1 aliphatic heterocycles. The zero-order valence-corrected chi connectivity index (χ0v) is 15.4. The molecule has 8 nitrogen and oxygen atoms in total. The molecule has 1 aromatic rings. The van der Waals surface area contributed by atoms with E-state index >= 15 is 0 Å². The molecular formula is C17H21NO7S. The van der Waals surface area contributed by atoms with Gasteiger partial charge in [0.25, 0.3) is 5.91 Å². The number of carbonyl (C=O) groups is 2. The molecule has 1 aromatic carbocycles. The molecule has 0 aromatic heterocycles. The molecule has 26 heavy (non-hydrogen) atoms. The number of sulfone groups is 1. The maximum atomic E-state index is 11.9. The summed E-state index contributed by atoms with van der Waals surface area (Å²) in [5, 5.41) is 2.65. The molecule has 0 radical (unpaired) electrons. The average Bonchev–Trinajstić information content (AvgIpc) is 2.96. The first-order valence-corrected chi connectivity index (χ1v) is 9.72. The van der Waals surface area contributed by atoms with E-state index in [0.29, 0.717) is 23.5 Å². The highest BCUT2D eigenvalue weighted by molar-refractivity contribution is 7.91. The van der Waals surface area contributed by atoms with Crippen LogP contribution in [-0.4, -0.2) is 58.7 Å². The Morgan fingerprint density at radius 1 is 1.27 bits per heavy atom. The molecule has 1 unspecified atom stereocenters. The summed E-state index contributed by atoms with van der Waals surface area (Å²) in [4.78, 5) is 23.0. The molecule has 9 heteroatoms. The summed E-state index contributed by atoms with van der Waals surface area (Å²) in [6.45, 7) is -0.260. The Balaban J connectivity index is 1.93. The summed E-state index contributed by atoms with van der Waals surface area (Å²) in [7, 11) is -0.306. The van der Waals surface area contributed by atoms with Crippen molar-refractivity contribution in [3.8, 4) is 11.5 Å². The minimum Gasteiger partial charge on any atom is -0.493 e. The molecule has 0 saturated carbocycles. The van der Waals surface area contributed by atoms with E-state index in [9.17, 15) is 18.0 Å². The highest BCUT2D eigenvalue weighted by atomic mass is 32.2. The fourth-order valence-electron chi connectivity index (χ4n) is 2.46. The van der Waals surface area contributed by atoms with Gasteiger partial charge >= 0.3 is 5.97 Å². The number of esters is 1. The Labute approximate surface area is 152 Å². The van der Waals surface area contributed by atoms with Gasteiger partial charge in [-0.15, -0.1) is 0 Å². The van der Waals surface area contributed by atoms with Crippen molar-refractivity contribution in [2.75, 3.05) is 32.3 Å². The number of carbonyl (C=O) groups excluding carboxylic acids is 2. The van der Waals surface area contributed by atoms with Crippen LogP contribution in [0.1, 0.15) is 12.0 Å². The third kappa shape index (κ3) is 5.76. The summed E-state index contributed by atoms with van der Waals surface area (Å²) >= 11 is 0. The predicted molar refractivity (Wildman–Crippen MR) is 94.7 cm³/mol. The smallest absolute Gasteiger partial charge is 0.330 e. The van der Waals surface area contributed by atoms with Crippen molar-refractivity contribution in [3.05, 3.63) is 29.8 Å². The normalized spacial score (nSPS) is 18.5. The molecule has 0 bridgehead atoms. The van der Waals surface area contributed by atoms with E-state index in [1.807, 2.05) is 0 Å². The molecule has 1 N–H and O–H groups in total. The van der Waals surface area contributed by atoms with Crippen LogP contribution in [0.5, 0.6) is 11.5 Å². The van der Waals surface area contributed by atoms with Gasteiger partial charge in [-0.25, -0.2) is 13.2 Å². The van der Waals surface area contributed by atoms with Crippen molar-refractivity contribution >= 4 is 27.8 Å². The minimum atomic E-state index is -3.05. The van der Waals surface area contributed by atoms with E-state index < -0.39 is 21.7 Å². The summed E-state index contributed by atoms with van der Waals surface area (Å²) in [6, 6.07) is 4.58. The van der Waals surface area contributed by atoms with E-state index in [-0.39, 0.29) is 24.2 Å². The maximum Gasteiger partial charge on any atom is 0.330 e. The van der Waals surface area contributed by atoms with Crippen molar-refractivity contribution in [3.63, 3.8) is 0 Å². The first-order chi connectivity index (χ1) is 12.3. The van der Waals surface area contributed by atoms with Crippen LogP contribution in [0, 0.1) is 0 Å². The van der Waals surface area contributed by atoms with Gasteiger partial charge in [-0.3, -0.25) is 4.79 Å². The molecule has 1 saturated heterocycles. The number of hydrogen-bond acceptors (Lipinski definition) is 7. The van der Waals surface area contributed by atoms with E-state index in [1.54, 1.807) is 24.3 Å². The van der Waals surface area contributed by atoms with Crippen LogP contribution in [0.15, 0.2) is 24.3 Å². The second kappa shape index (κ2) is 8.70. The molecule has 0 spiro atoms.